The van der Waals surface area contributed by atoms with Crippen LogP contribution in [0.1, 0.15) is 54.3 Å². The summed E-state index contributed by atoms with van der Waals surface area (Å²) < 4.78 is 1.98. The molecule has 2 heterocycles. The Morgan fingerprint density at radius 3 is 2.59 bits per heavy atom. The number of benzene rings is 1. The van der Waals surface area contributed by atoms with Gasteiger partial charge in [-0.05, 0) is 29.2 Å². The van der Waals surface area contributed by atoms with Crippen LogP contribution in [0.4, 0.5) is 0 Å². The number of carboxylic acids is 1. The lowest BCUT2D eigenvalue weighted by Crippen LogP contribution is -2.07. The smallest absolute Gasteiger partial charge is 0.337 e. The van der Waals surface area contributed by atoms with Crippen molar-refractivity contribution in [3.63, 3.8) is 0 Å². The summed E-state index contributed by atoms with van der Waals surface area (Å²) in [6.07, 6.45) is 6.97. The molecule has 1 aromatic carbocycles. The van der Waals surface area contributed by atoms with E-state index < -0.39 is 5.97 Å². The number of unbranched alkanes of at least 4 members (excludes halogenated alkanes) is 1. The van der Waals surface area contributed by atoms with Crippen molar-refractivity contribution in [2.45, 2.75) is 46.1 Å². The van der Waals surface area contributed by atoms with E-state index in [1.54, 1.807) is 12.3 Å². The molecule has 3 rings (SSSR count). The molecule has 3 aromatic rings. The van der Waals surface area contributed by atoms with Gasteiger partial charge in [-0.2, -0.15) is 5.10 Å². The quantitative estimate of drug-likeness (QED) is 0.653. The molecule has 0 saturated carbocycles. The van der Waals surface area contributed by atoms with Crippen LogP contribution < -0.4 is 0 Å². The van der Waals surface area contributed by atoms with Gasteiger partial charge in [0.15, 0.2) is 5.82 Å². The molecule has 27 heavy (non-hydrogen) atoms. The highest BCUT2D eigenvalue weighted by Gasteiger charge is 2.12. The third-order valence-corrected chi connectivity index (χ3v) is 4.51. The summed E-state index contributed by atoms with van der Waals surface area (Å²) in [4.78, 5) is 19.9. The van der Waals surface area contributed by atoms with Crippen molar-refractivity contribution < 1.29 is 9.90 Å². The van der Waals surface area contributed by atoms with Crippen LogP contribution in [0.15, 0.2) is 42.7 Å². The van der Waals surface area contributed by atoms with Gasteiger partial charge in [-0.3, -0.25) is 4.98 Å². The highest BCUT2D eigenvalue weighted by molar-refractivity contribution is 5.95. The fourth-order valence-electron chi connectivity index (χ4n) is 3.00. The number of rotatable bonds is 8. The number of carboxylic acid groups (broad SMARTS) is 1. The van der Waals surface area contributed by atoms with Crippen molar-refractivity contribution in [3.05, 3.63) is 65.5 Å². The minimum Gasteiger partial charge on any atom is -0.478 e. The number of hydrogen-bond donors (Lipinski definition) is 1. The average Bonchev–Trinajstić information content (AvgIpc) is 3.08. The third kappa shape index (κ3) is 4.39. The van der Waals surface area contributed by atoms with Crippen LogP contribution in [0, 0.1) is 0 Å². The molecule has 0 unspecified atom stereocenters. The Bertz CT molecular complexity index is 916. The van der Waals surface area contributed by atoms with Crippen molar-refractivity contribution in [2.24, 2.45) is 0 Å². The van der Waals surface area contributed by atoms with E-state index in [-0.39, 0.29) is 5.56 Å². The Kier molecular flexibility index (Phi) is 5.96. The van der Waals surface area contributed by atoms with Crippen molar-refractivity contribution in [2.75, 3.05) is 0 Å². The van der Waals surface area contributed by atoms with E-state index in [4.69, 9.17) is 0 Å². The molecular formula is C21H24N4O2. The van der Waals surface area contributed by atoms with Crippen LogP contribution in [0.3, 0.4) is 0 Å². The van der Waals surface area contributed by atoms with E-state index in [9.17, 15) is 9.90 Å². The van der Waals surface area contributed by atoms with Crippen LogP contribution >= 0.6 is 0 Å². The van der Waals surface area contributed by atoms with E-state index in [1.165, 1.54) is 6.20 Å². The Labute approximate surface area is 158 Å². The second kappa shape index (κ2) is 8.58. The van der Waals surface area contributed by atoms with Crippen molar-refractivity contribution >= 4 is 5.97 Å². The zero-order valence-electron chi connectivity index (χ0n) is 15.7. The zero-order chi connectivity index (χ0) is 19.2. The lowest BCUT2D eigenvalue weighted by Gasteiger charge is -2.09. The normalized spacial score (nSPS) is 10.9. The second-order valence-electron chi connectivity index (χ2n) is 6.48. The molecule has 0 spiro atoms. The van der Waals surface area contributed by atoms with Crippen LogP contribution in [0.25, 0.3) is 11.1 Å². The average molecular weight is 364 g/mol. The first-order valence-corrected chi connectivity index (χ1v) is 9.31. The number of aromatic nitrogens is 4. The Hall–Kier alpha value is -3.02. The number of aryl methyl sites for hydroxylation is 2. The Balaban J connectivity index is 1.83. The molecule has 0 bridgehead atoms. The van der Waals surface area contributed by atoms with E-state index in [2.05, 4.69) is 28.9 Å². The highest BCUT2D eigenvalue weighted by Crippen LogP contribution is 2.23. The molecule has 6 nitrogen and oxygen atoms in total. The highest BCUT2D eigenvalue weighted by atomic mass is 16.4. The fourth-order valence-corrected chi connectivity index (χ4v) is 3.00. The molecule has 0 amide bonds. The molecule has 0 fully saturated rings. The summed E-state index contributed by atoms with van der Waals surface area (Å²) >= 11 is 0. The minimum atomic E-state index is -0.975. The molecule has 0 atom stereocenters. The van der Waals surface area contributed by atoms with Crippen LogP contribution in [0.2, 0.25) is 0 Å². The van der Waals surface area contributed by atoms with Gasteiger partial charge < -0.3 is 5.11 Å². The number of nitrogens with zero attached hydrogens (tertiary/aromatic N) is 4. The number of aromatic carboxylic acids is 1. The summed E-state index contributed by atoms with van der Waals surface area (Å²) in [5.41, 5.74) is 2.84. The SMILES string of the molecule is CCCCc1nc(CC)nn1Cc1ccc(-c2ccncc2C(=O)O)cc1. The molecule has 0 aliphatic carbocycles. The first-order chi connectivity index (χ1) is 13.1. The molecule has 0 saturated heterocycles. The third-order valence-electron chi connectivity index (χ3n) is 4.51. The molecule has 0 radical (unpaired) electrons. The maximum atomic E-state index is 11.4. The molecular weight excluding hydrogens is 340 g/mol. The van der Waals surface area contributed by atoms with Gasteiger partial charge in [0, 0.05) is 25.2 Å². The summed E-state index contributed by atoms with van der Waals surface area (Å²) in [7, 11) is 0. The topological polar surface area (TPSA) is 80.9 Å². The van der Waals surface area contributed by atoms with E-state index in [1.807, 2.05) is 28.9 Å². The number of pyridine rings is 1. The maximum Gasteiger partial charge on any atom is 0.337 e. The van der Waals surface area contributed by atoms with E-state index >= 15 is 0 Å². The second-order valence-corrected chi connectivity index (χ2v) is 6.48. The summed E-state index contributed by atoms with van der Waals surface area (Å²) in [5.74, 6) is 0.929. The fraction of sp³-hybridized carbons (Fsp3) is 0.333. The predicted molar refractivity (Wildman–Crippen MR) is 104 cm³/mol. The van der Waals surface area contributed by atoms with Gasteiger partial charge in [-0.1, -0.05) is 44.5 Å². The zero-order valence-corrected chi connectivity index (χ0v) is 15.7. The van der Waals surface area contributed by atoms with Gasteiger partial charge >= 0.3 is 5.97 Å². The van der Waals surface area contributed by atoms with Crippen LogP contribution in [0.5, 0.6) is 0 Å². The van der Waals surface area contributed by atoms with E-state index in [0.29, 0.717) is 12.1 Å². The van der Waals surface area contributed by atoms with Gasteiger partial charge in [0.1, 0.15) is 5.82 Å². The first kappa shape index (κ1) is 18.8. The van der Waals surface area contributed by atoms with Crippen molar-refractivity contribution in [1.82, 2.24) is 19.7 Å². The van der Waals surface area contributed by atoms with Gasteiger partial charge in [-0.25, -0.2) is 14.5 Å². The van der Waals surface area contributed by atoms with Gasteiger partial charge in [0.25, 0.3) is 0 Å². The summed E-state index contributed by atoms with van der Waals surface area (Å²) in [6, 6.07) is 9.64. The van der Waals surface area contributed by atoms with Crippen molar-refractivity contribution in [1.29, 1.82) is 0 Å². The largest absolute Gasteiger partial charge is 0.478 e. The van der Waals surface area contributed by atoms with Crippen LogP contribution in [-0.4, -0.2) is 30.8 Å². The molecule has 140 valence electrons. The van der Waals surface area contributed by atoms with E-state index in [0.717, 1.165) is 48.5 Å². The summed E-state index contributed by atoms with van der Waals surface area (Å²) in [5, 5.41) is 14.0. The molecule has 1 N–H and O–H groups in total. The Morgan fingerprint density at radius 2 is 1.93 bits per heavy atom. The molecule has 6 heteroatoms. The number of carbonyl (C=O) groups is 1. The molecule has 0 aliphatic heterocycles. The van der Waals surface area contributed by atoms with Gasteiger partial charge in [-0.15, -0.1) is 0 Å². The lowest BCUT2D eigenvalue weighted by molar-refractivity contribution is 0.0697. The van der Waals surface area contributed by atoms with Gasteiger partial charge in [0.2, 0.25) is 0 Å². The standard InChI is InChI=1S/C21H24N4O2/c1-3-5-6-20-23-19(4-2)24-25(20)14-15-7-9-16(10-8-15)17-11-12-22-13-18(17)21(26)27/h7-13H,3-6,14H2,1-2H3,(H,26,27). The van der Waals surface area contributed by atoms with Crippen LogP contribution in [-0.2, 0) is 19.4 Å². The first-order valence-electron chi connectivity index (χ1n) is 9.31. The maximum absolute atomic E-state index is 11.4. The predicted octanol–water partition coefficient (Wildman–Crippen LogP) is 3.99. The lowest BCUT2D eigenvalue weighted by atomic mass is 10.0. The number of hydrogen-bond acceptors (Lipinski definition) is 4. The molecule has 2 aromatic heterocycles. The molecule has 0 aliphatic rings. The monoisotopic (exact) mass is 364 g/mol. The Morgan fingerprint density at radius 1 is 1.15 bits per heavy atom. The van der Waals surface area contributed by atoms with Gasteiger partial charge in [0.05, 0.1) is 12.1 Å². The van der Waals surface area contributed by atoms with Crippen molar-refractivity contribution in [3.8, 4) is 11.1 Å². The minimum absolute atomic E-state index is 0.205. The summed E-state index contributed by atoms with van der Waals surface area (Å²) in [6.45, 7) is 4.89.